The van der Waals surface area contributed by atoms with Crippen LogP contribution in [0.1, 0.15) is 11.1 Å². The normalized spacial score (nSPS) is 15.5. The molecule has 0 fully saturated rings. The third-order valence-electron chi connectivity index (χ3n) is 5.23. The first-order valence-electron chi connectivity index (χ1n) is 9.77. The maximum atomic E-state index is 13.5. The lowest BCUT2D eigenvalue weighted by Gasteiger charge is -2.26. The van der Waals surface area contributed by atoms with Crippen molar-refractivity contribution in [3.63, 3.8) is 0 Å². The number of hydrogen-bond donors (Lipinski definition) is 1. The molecule has 3 aromatic rings. The summed E-state index contributed by atoms with van der Waals surface area (Å²) in [5.41, 5.74) is 2.39. The average molecular weight is 475 g/mol. The Morgan fingerprint density at radius 2 is 1.68 bits per heavy atom. The zero-order valence-electron chi connectivity index (χ0n) is 16.5. The summed E-state index contributed by atoms with van der Waals surface area (Å²) in [6.45, 7) is 0.413. The number of nitrogens with one attached hydrogen (secondary N) is 1. The monoisotopic (exact) mass is 474 g/mol. The molecule has 0 saturated carbocycles. The van der Waals surface area contributed by atoms with Crippen LogP contribution in [0.15, 0.2) is 77.7 Å². The number of amides is 1. The molecule has 31 heavy (non-hydrogen) atoms. The minimum atomic E-state index is -4.03. The SMILES string of the molecule is O=C(NCCc1ccccc1)[C@@H]1Cc2ccccc2N1S(=O)(=O)c1ccc(Cl)c(Cl)c1. The maximum absolute atomic E-state index is 13.5. The van der Waals surface area contributed by atoms with E-state index < -0.39 is 16.1 Å². The third kappa shape index (κ3) is 4.42. The van der Waals surface area contributed by atoms with Crippen LogP contribution in [0.2, 0.25) is 10.0 Å². The van der Waals surface area contributed by atoms with Gasteiger partial charge in [0, 0.05) is 13.0 Å². The Bertz CT molecular complexity index is 1220. The number of halogens is 2. The Morgan fingerprint density at radius 3 is 2.42 bits per heavy atom. The highest BCUT2D eigenvalue weighted by Gasteiger charge is 2.42. The second-order valence-electron chi connectivity index (χ2n) is 7.25. The first-order chi connectivity index (χ1) is 14.9. The van der Waals surface area contributed by atoms with Crippen LogP contribution in [0.5, 0.6) is 0 Å². The molecule has 0 radical (unpaired) electrons. The first-order valence-corrected chi connectivity index (χ1v) is 12.0. The van der Waals surface area contributed by atoms with Crippen molar-refractivity contribution in [1.82, 2.24) is 5.32 Å². The highest BCUT2D eigenvalue weighted by atomic mass is 35.5. The molecule has 0 unspecified atom stereocenters. The maximum Gasteiger partial charge on any atom is 0.265 e. The number of carbonyl (C=O) groups is 1. The van der Waals surface area contributed by atoms with Crippen molar-refractivity contribution in [2.75, 3.05) is 10.8 Å². The molecule has 0 saturated heterocycles. The molecule has 8 heteroatoms. The molecule has 1 atom stereocenters. The van der Waals surface area contributed by atoms with Crippen LogP contribution in [0.3, 0.4) is 0 Å². The highest BCUT2D eigenvalue weighted by molar-refractivity contribution is 7.93. The van der Waals surface area contributed by atoms with E-state index in [2.05, 4.69) is 5.32 Å². The Hall–Kier alpha value is -2.54. The minimum Gasteiger partial charge on any atom is -0.354 e. The number of fused-ring (bicyclic) bond motifs is 1. The van der Waals surface area contributed by atoms with Gasteiger partial charge in [-0.2, -0.15) is 0 Å². The summed E-state index contributed by atoms with van der Waals surface area (Å²) in [7, 11) is -4.03. The predicted molar refractivity (Wildman–Crippen MR) is 123 cm³/mol. The van der Waals surface area contributed by atoms with Crippen molar-refractivity contribution in [2.45, 2.75) is 23.8 Å². The van der Waals surface area contributed by atoms with E-state index in [1.807, 2.05) is 42.5 Å². The van der Waals surface area contributed by atoms with E-state index in [4.69, 9.17) is 23.2 Å². The number of nitrogens with zero attached hydrogens (tertiary/aromatic N) is 1. The molecule has 4 rings (SSSR count). The van der Waals surface area contributed by atoms with E-state index in [0.717, 1.165) is 11.1 Å². The number of benzene rings is 3. The molecule has 1 aliphatic heterocycles. The predicted octanol–water partition coefficient (Wildman–Crippen LogP) is 4.47. The fourth-order valence-electron chi connectivity index (χ4n) is 3.70. The summed E-state index contributed by atoms with van der Waals surface area (Å²) >= 11 is 12.0. The lowest BCUT2D eigenvalue weighted by Crippen LogP contribution is -2.48. The van der Waals surface area contributed by atoms with E-state index in [9.17, 15) is 13.2 Å². The van der Waals surface area contributed by atoms with Crippen LogP contribution < -0.4 is 9.62 Å². The number of para-hydroxylation sites is 1. The van der Waals surface area contributed by atoms with Gasteiger partial charge in [-0.1, -0.05) is 71.7 Å². The van der Waals surface area contributed by atoms with Crippen LogP contribution in [0.4, 0.5) is 5.69 Å². The van der Waals surface area contributed by atoms with Gasteiger partial charge in [0.05, 0.1) is 20.6 Å². The number of sulfonamides is 1. The molecule has 1 heterocycles. The van der Waals surface area contributed by atoms with Gasteiger partial charge in [0.1, 0.15) is 6.04 Å². The summed E-state index contributed by atoms with van der Waals surface area (Å²) in [5, 5.41) is 3.29. The molecular formula is C23H20Cl2N2O3S. The van der Waals surface area contributed by atoms with Crippen LogP contribution >= 0.6 is 23.2 Å². The quantitative estimate of drug-likeness (QED) is 0.572. The molecule has 3 aromatic carbocycles. The first kappa shape index (κ1) is 21.7. The topological polar surface area (TPSA) is 66.5 Å². The van der Waals surface area contributed by atoms with Crippen LogP contribution in [0.25, 0.3) is 0 Å². The lowest BCUT2D eigenvalue weighted by atomic mass is 10.1. The van der Waals surface area contributed by atoms with Crippen molar-refractivity contribution in [2.24, 2.45) is 0 Å². The molecule has 5 nitrogen and oxygen atoms in total. The van der Waals surface area contributed by atoms with Gasteiger partial charge in [0.15, 0.2) is 0 Å². The zero-order valence-corrected chi connectivity index (χ0v) is 18.8. The van der Waals surface area contributed by atoms with Gasteiger partial charge in [-0.25, -0.2) is 8.42 Å². The second kappa shape index (κ2) is 8.91. The standard InChI is InChI=1S/C23H20Cl2N2O3S/c24-19-11-10-18(15-20(19)25)31(29,30)27-21-9-5-4-8-17(21)14-22(27)23(28)26-13-12-16-6-2-1-3-7-16/h1-11,15,22H,12-14H2,(H,26,28)/t22-/m0/s1. The van der Waals surface area contributed by atoms with E-state index in [-0.39, 0.29) is 20.8 Å². The Labute approximate surface area is 191 Å². The number of anilines is 1. The molecule has 160 valence electrons. The van der Waals surface area contributed by atoms with Crippen molar-refractivity contribution in [3.05, 3.63) is 94.0 Å². The summed E-state index contributed by atoms with van der Waals surface area (Å²) < 4.78 is 28.2. The third-order valence-corrected chi connectivity index (χ3v) is 7.79. The molecule has 1 aliphatic rings. The summed E-state index contributed by atoms with van der Waals surface area (Å²) in [4.78, 5) is 13.0. The van der Waals surface area contributed by atoms with Gasteiger partial charge in [0.25, 0.3) is 10.0 Å². The van der Waals surface area contributed by atoms with Crippen molar-refractivity contribution < 1.29 is 13.2 Å². The van der Waals surface area contributed by atoms with E-state index in [1.165, 1.54) is 22.5 Å². The molecule has 1 amide bonds. The Morgan fingerprint density at radius 1 is 0.968 bits per heavy atom. The average Bonchev–Trinajstić information content (AvgIpc) is 3.17. The molecule has 0 bridgehead atoms. The van der Waals surface area contributed by atoms with Gasteiger partial charge in [-0.05, 0) is 41.8 Å². The van der Waals surface area contributed by atoms with Crippen LogP contribution in [-0.2, 0) is 27.7 Å². The van der Waals surface area contributed by atoms with Crippen molar-refractivity contribution in [1.29, 1.82) is 0 Å². The van der Waals surface area contributed by atoms with Crippen LogP contribution in [0, 0.1) is 0 Å². The zero-order chi connectivity index (χ0) is 22.0. The summed E-state index contributed by atoms with van der Waals surface area (Å²) in [6, 6.07) is 20.2. The molecular weight excluding hydrogens is 455 g/mol. The van der Waals surface area contributed by atoms with E-state index in [1.54, 1.807) is 12.1 Å². The van der Waals surface area contributed by atoms with Gasteiger partial charge in [-0.15, -0.1) is 0 Å². The number of carbonyl (C=O) groups excluding carboxylic acids is 1. The Kier molecular flexibility index (Phi) is 6.23. The van der Waals surface area contributed by atoms with Gasteiger partial charge >= 0.3 is 0 Å². The van der Waals surface area contributed by atoms with Gasteiger partial charge in [0.2, 0.25) is 5.91 Å². The molecule has 0 aliphatic carbocycles. The highest BCUT2D eigenvalue weighted by Crippen LogP contribution is 2.37. The fourth-order valence-corrected chi connectivity index (χ4v) is 5.74. The number of hydrogen-bond acceptors (Lipinski definition) is 3. The molecule has 0 aromatic heterocycles. The van der Waals surface area contributed by atoms with Crippen molar-refractivity contribution >= 4 is 44.8 Å². The van der Waals surface area contributed by atoms with Gasteiger partial charge < -0.3 is 5.32 Å². The molecule has 0 spiro atoms. The van der Waals surface area contributed by atoms with Crippen molar-refractivity contribution in [3.8, 4) is 0 Å². The summed E-state index contributed by atoms with van der Waals surface area (Å²) in [5.74, 6) is -0.337. The van der Waals surface area contributed by atoms with Gasteiger partial charge in [-0.3, -0.25) is 9.10 Å². The summed E-state index contributed by atoms with van der Waals surface area (Å²) in [6.07, 6.45) is 0.958. The van der Waals surface area contributed by atoms with E-state index in [0.29, 0.717) is 25.1 Å². The minimum absolute atomic E-state index is 0.0133. The lowest BCUT2D eigenvalue weighted by molar-refractivity contribution is -0.122. The largest absolute Gasteiger partial charge is 0.354 e. The second-order valence-corrected chi connectivity index (χ2v) is 9.88. The number of rotatable bonds is 6. The smallest absolute Gasteiger partial charge is 0.265 e. The fraction of sp³-hybridized carbons (Fsp3) is 0.174. The molecule has 1 N–H and O–H groups in total. The van der Waals surface area contributed by atoms with Crippen LogP contribution in [-0.4, -0.2) is 26.9 Å². The Balaban J connectivity index is 1.61. The van der Waals surface area contributed by atoms with E-state index >= 15 is 0 Å².